The summed E-state index contributed by atoms with van der Waals surface area (Å²) in [5.41, 5.74) is 1.84. The second-order valence-electron chi connectivity index (χ2n) is 5.40. The van der Waals surface area contributed by atoms with Crippen LogP contribution in [-0.4, -0.2) is 31.6 Å². The Morgan fingerprint density at radius 1 is 1.32 bits per heavy atom. The van der Waals surface area contributed by atoms with Gasteiger partial charge in [-0.1, -0.05) is 23.7 Å². The lowest BCUT2D eigenvalue weighted by molar-refractivity contribution is 0.0784. The van der Waals surface area contributed by atoms with E-state index in [9.17, 15) is 4.79 Å². The van der Waals surface area contributed by atoms with Gasteiger partial charge in [-0.15, -0.1) is 0 Å². The zero-order chi connectivity index (χ0) is 18.4. The monoisotopic (exact) mass is 358 g/mol. The molecular formula is C19H19ClN2O3. The highest BCUT2D eigenvalue weighted by atomic mass is 35.5. The number of amides is 1. The first-order valence-electron chi connectivity index (χ1n) is 7.75. The fourth-order valence-corrected chi connectivity index (χ4v) is 2.70. The molecule has 0 aromatic heterocycles. The fraction of sp³-hybridized carbons (Fsp3) is 0.263. The van der Waals surface area contributed by atoms with Crippen molar-refractivity contribution in [3.63, 3.8) is 0 Å². The smallest absolute Gasteiger partial charge is 0.254 e. The van der Waals surface area contributed by atoms with Crippen molar-refractivity contribution in [2.75, 3.05) is 20.8 Å². The van der Waals surface area contributed by atoms with Crippen LogP contribution in [0.5, 0.6) is 11.5 Å². The van der Waals surface area contributed by atoms with Crippen molar-refractivity contribution in [1.82, 2.24) is 4.90 Å². The Balaban J connectivity index is 2.24. The highest BCUT2D eigenvalue weighted by Crippen LogP contribution is 2.36. The Kier molecular flexibility index (Phi) is 6.26. The average Bonchev–Trinajstić information content (AvgIpc) is 2.62. The number of nitrogens with zero attached hydrogens (tertiary/aromatic N) is 2. The van der Waals surface area contributed by atoms with Crippen molar-refractivity contribution >= 4 is 17.5 Å². The molecule has 0 aliphatic heterocycles. The lowest BCUT2D eigenvalue weighted by Crippen LogP contribution is -2.26. The van der Waals surface area contributed by atoms with Crippen molar-refractivity contribution in [3.05, 3.63) is 58.1 Å². The van der Waals surface area contributed by atoms with Gasteiger partial charge in [0.1, 0.15) is 0 Å². The number of rotatable bonds is 6. The van der Waals surface area contributed by atoms with Gasteiger partial charge in [-0.05, 0) is 36.8 Å². The summed E-state index contributed by atoms with van der Waals surface area (Å²) in [6.45, 7) is 2.66. The predicted molar refractivity (Wildman–Crippen MR) is 96.1 cm³/mol. The Hall–Kier alpha value is -2.71. The van der Waals surface area contributed by atoms with Crippen molar-refractivity contribution in [3.8, 4) is 17.6 Å². The SMILES string of the molecule is CCOc1c(Cl)cc(C(=O)N(C)Cc2cccc(C#N)c2)cc1OC. The number of hydrogen-bond acceptors (Lipinski definition) is 4. The minimum absolute atomic E-state index is 0.203. The molecule has 2 rings (SSSR count). The molecule has 0 radical (unpaired) electrons. The molecule has 0 spiro atoms. The Bertz CT molecular complexity index is 815. The number of methoxy groups -OCH3 is 1. The molecule has 0 aliphatic rings. The summed E-state index contributed by atoms with van der Waals surface area (Å²) >= 11 is 6.23. The third-order valence-corrected chi connectivity index (χ3v) is 3.87. The largest absolute Gasteiger partial charge is 0.493 e. The number of ether oxygens (including phenoxy) is 2. The van der Waals surface area contributed by atoms with Crippen LogP contribution in [0.2, 0.25) is 5.02 Å². The third kappa shape index (κ3) is 4.43. The van der Waals surface area contributed by atoms with E-state index in [1.165, 1.54) is 7.11 Å². The van der Waals surface area contributed by atoms with Crippen LogP contribution in [-0.2, 0) is 6.54 Å². The number of benzene rings is 2. The van der Waals surface area contributed by atoms with Crippen molar-refractivity contribution in [2.24, 2.45) is 0 Å². The average molecular weight is 359 g/mol. The van der Waals surface area contributed by atoms with Gasteiger partial charge in [-0.3, -0.25) is 4.79 Å². The van der Waals surface area contributed by atoms with Gasteiger partial charge in [0.25, 0.3) is 5.91 Å². The number of hydrogen-bond donors (Lipinski definition) is 0. The van der Waals surface area contributed by atoms with Crippen LogP contribution in [0.15, 0.2) is 36.4 Å². The molecule has 1 amide bonds. The summed E-state index contributed by atoms with van der Waals surface area (Å²) in [6.07, 6.45) is 0. The number of nitriles is 1. The summed E-state index contributed by atoms with van der Waals surface area (Å²) in [5.74, 6) is 0.635. The summed E-state index contributed by atoms with van der Waals surface area (Å²) in [4.78, 5) is 14.3. The zero-order valence-electron chi connectivity index (χ0n) is 14.4. The maximum Gasteiger partial charge on any atom is 0.254 e. The van der Waals surface area contributed by atoms with Crippen LogP contribution in [0.25, 0.3) is 0 Å². The van der Waals surface area contributed by atoms with Gasteiger partial charge in [-0.2, -0.15) is 5.26 Å². The van der Waals surface area contributed by atoms with Gasteiger partial charge >= 0.3 is 0 Å². The predicted octanol–water partition coefficient (Wildman–Crippen LogP) is 3.89. The van der Waals surface area contributed by atoms with E-state index in [0.29, 0.717) is 40.8 Å². The molecule has 0 atom stereocenters. The van der Waals surface area contributed by atoms with Crippen LogP contribution in [0.3, 0.4) is 0 Å². The first kappa shape index (κ1) is 18.6. The van der Waals surface area contributed by atoms with E-state index in [0.717, 1.165) is 5.56 Å². The van der Waals surface area contributed by atoms with E-state index in [1.54, 1.807) is 42.3 Å². The van der Waals surface area contributed by atoms with E-state index in [-0.39, 0.29) is 5.91 Å². The normalized spacial score (nSPS) is 10.0. The van der Waals surface area contributed by atoms with E-state index >= 15 is 0 Å². The van der Waals surface area contributed by atoms with E-state index in [1.807, 2.05) is 13.0 Å². The summed E-state index contributed by atoms with van der Waals surface area (Å²) < 4.78 is 10.7. The molecular weight excluding hydrogens is 340 g/mol. The standard InChI is InChI=1S/C19H19ClN2O3/c1-4-25-18-16(20)9-15(10-17(18)24-3)19(23)22(2)12-14-7-5-6-13(8-14)11-21/h5-10H,4,12H2,1-3H3. The summed E-state index contributed by atoms with van der Waals surface area (Å²) in [7, 11) is 3.19. The Morgan fingerprint density at radius 2 is 2.08 bits per heavy atom. The second kappa shape index (κ2) is 8.41. The second-order valence-corrected chi connectivity index (χ2v) is 5.80. The number of carbonyl (C=O) groups excluding carboxylic acids is 1. The maximum atomic E-state index is 12.7. The first-order valence-corrected chi connectivity index (χ1v) is 8.12. The Morgan fingerprint density at radius 3 is 2.72 bits per heavy atom. The van der Waals surface area contributed by atoms with Gasteiger partial charge in [0.05, 0.1) is 30.4 Å². The molecule has 0 unspecified atom stereocenters. The van der Waals surface area contributed by atoms with Gasteiger partial charge in [-0.25, -0.2) is 0 Å². The molecule has 0 heterocycles. The molecule has 0 fully saturated rings. The molecule has 6 heteroatoms. The molecule has 0 N–H and O–H groups in total. The molecule has 25 heavy (non-hydrogen) atoms. The number of carbonyl (C=O) groups is 1. The van der Waals surface area contributed by atoms with Crippen LogP contribution in [0, 0.1) is 11.3 Å². The van der Waals surface area contributed by atoms with Crippen LogP contribution in [0.1, 0.15) is 28.4 Å². The quantitative estimate of drug-likeness (QED) is 0.785. The molecule has 0 saturated carbocycles. The van der Waals surface area contributed by atoms with Crippen molar-refractivity contribution < 1.29 is 14.3 Å². The maximum absolute atomic E-state index is 12.7. The summed E-state index contributed by atoms with van der Waals surface area (Å²) in [5, 5.41) is 9.29. The molecule has 0 saturated heterocycles. The fourth-order valence-electron chi connectivity index (χ4n) is 2.43. The molecule has 0 bridgehead atoms. The van der Waals surface area contributed by atoms with E-state index in [2.05, 4.69) is 6.07 Å². The molecule has 130 valence electrons. The minimum atomic E-state index is -0.203. The molecule has 0 aliphatic carbocycles. The van der Waals surface area contributed by atoms with Crippen LogP contribution in [0.4, 0.5) is 0 Å². The third-order valence-electron chi connectivity index (χ3n) is 3.59. The van der Waals surface area contributed by atoms with Crippen LogP contribution < -0.4 is 9.47 Å². The lowest BCUT2D eigenvalue weighted by Gasteiger charge is -2.19. The van der Waals surface area contributed by atoms with Crippen LogP contribution >= 0.6 is 11.6 Å². The van der Waals surface area contributed by atoms with Crippen molar-refractivity contribution in [2.45, 2.75) is 13.5 Å². The van der Waals surface area contributed by atoms with E-state index in [4.69, 9.17) is 26.3 Å². The van der Waals surface area contributed by atoms with Gasteiger partial charge in [0.15, 0.2) is 11.5 Å². The van der Waals surface area contributed by atoms with Crippen molar-refractivity contribution in [1.29, 1.82) is 5.26 Å². The molecule has 5 nitrogen and oxygen atoms in total. The van der Waals surface area contributed by atoms with Gasteiger partial charge in [0, 0.05) is 19.2 Å². The van der Waals surface area contributed by atoms with E-state index < -0.39 is 0 Å². The first-order chi connectivity index (χ1) is 12.0. The number of halogens is 1. The highest BCUT2D eigenvalue weighted by Gasteiger charge is 2.18. The molecule has 2 aromatic rings. The topological polar surface area (TPSA) is 62.6 Å². The highest BCUT2D eigenvalue weighted by molar-refractivity contribution is 6.32. The van der Waals surface area contributed by atoms with Gasteiger partial charge < -0.3 is 14.4 Å². The van der Waals surface area contributed by atoms with Gasteiger partial charge in [0.2, 0.25) is 0 Å². The minimum Gasteiger partial charge on any atom is -0.493 e. The lowest BCUT2D eigenvalue weighted by atomic mass is 10.1. The Labute approximate surface area is 152 Å². The molecule has 2 aromatic carbocycles. The zero-order valence-corrected chi connectivity index (χ0v) is 15.1. The summed E-state index contributed by atoms with van der Waals surface area (Å²) in [6, 6.07) is 12.4.